The van der Waals surface area contributed by atoms with Gasteiger partial charge in [0.15, 0.2) is 0 Å². The van der Waals surface area contributed by atoms with E-state index in [1.54, 1.807) is 11.9 Å². The summed E-state index contributed by atoms with van der Waals surface area (Å²) in [6.45, 7) is 7.68. The van der Waals surface area contributed by atoms with Gasteiger partial charge in [-0.25, -0.2) is 0 Å². The minimum Gasteiger partial charge on any atom is -0.372 e. The minimum absolute atomic E-state index is 0.0244. The zero-order valence-corrected chi connectivity index (χ0v) is 16.0. The summed E-state index contributed by atoms with van der Waals surface area (Å²) in [5.74, 6) is -0.0862. The molecule has 0 unspecified atom stereocenters. The molecule has 2 aromatic rings. The van der Waals surface area contributed by atoms with Crippen LogP contribution in [0.1, 0.15) is 26.3 Å². The van der Waals surface area contributed by atoms with Crippen LogP contribution in [0.3, 0.4) is 0 Å². The van der Waals surface area contributed by atoms with Crippen molar-refractivity contribution in [3.63, 3.8) is 0 Å². The van der Waals surface area contributed by atoms with Crippen LogP contribution in [0.2, 0.25) is 0 Å². The predicted molar refractivity (Wildman–Crippen MR) is 108 cm³/mol. The molecule has 0 bridgehead atoms. The van der Waals surface area contributed by atoms with E-state index >= 15 is 0 Å². The second kappa shape index (κ2) is 9.04. The van der Waals surface area contributed by atoms with E-state index < -0.39 is 0 Å². The van der Waals surface area contributed by atoms with Gasteiger partial charge in [-0.15, -0.1) is 0 Å². The summed E-state index contributed by atoms with van der Waals surface area (Å²) in [5, 5.41) is 2.93. The number of hydrogen-bond acceptors (Lipinski definition) is 3. The second-order valence-corrected chi connectivity index (χ2v) is 6.19. The number of nitrogens with zero attached hydrogens (tertiary/aromatic N) is 2. The first-order valence-electron chi connectivity index (χ1n) is 8.92. The van der Waals surface area contributed by atoms with Crippen molar-refractivity contribution in [1.29, 1.82) is 0 Å². The molecule has 1 N–H and O–H groups in total. The molecule has 2 amide bonds. The molecule has 0 aliphatic carbocycles. The van der Waals surface area contributed by atoms with Gasteiger partial charge in [0.2, 0.25) is 11.8 Å². The van der Waals surface area contributed by atoms with Gasteiger partial charge in [0.05, 0.1) is 6.42 Å². The Bertz CT molecular complexity index is 735. The summed E-state index contributed by atoms with van der Waals surface area (Å²) >= 11 is 0. The van der Waals surface area contributed by atoms with Crippen molar-refractivity contribution in [2.24, 2.45) is 0 Å². The van der Waals surface area contributed by atoms with Crippen molar-refractivity contribution >= 4 is 28.9 Å². The maximum absolute atomic E-state index is 12.3. The molecule has 0 aromatic heterocycles. The molecule has 5 nitrogen and oxygen atoms in total. The zero-order chi connectivity index (χ0) is 19.1. The van der Waals surface area contributed by atoms with Crippen molar-refractivity contribution in [3.05, 3.63) is 54.1 Å². The molecule has 26 heavy (non-hydrogen) atoms. The lowest BCUT2D eigenvalue weighted by Crippen LogP contribution is -2.22. The monoisotopic (exact) mass is 353 g/mol. The van der Waals surface area contributed by atoms with Crippen LogP contribution in [-0.4, -0.2) is 32.0 Å². The fourth-order valence-electron chi connectivity index (χ4n) is 2.75. The number of benzene rings is 2. The maximum Gasteiger partial charge on any atom is 0.228 e. The van der Waals surface area contributed by atoms with E-state index in [-0.39, 0.29) is 11.8 Å². The number of hydrogen-bond donors (Lipinski definition) is 1. The SMILES string of the molecule is CCN(CC)c1ccc(NC(=O)Cc2ccc(N(C)C(C)=O)cc2)cc1. The largest absolute Gasteiger partial charge is 0.372 e. The van der Waals surface area contributed by atoms with E-state index in [0.29, 0.717) is 6.42 Å². The molecule has 0 radical (unpaired) electrons. The average molecular weight is 353 g/mol. The fourth-order valence-corrected chi connectivity index (χ4v) is 2.75. The van der Waals surface area contributed by atoms with E-state index in [4.69, 9.17) is 0 Å². The Kier molecular flexibility index (Phi) is 6.78. The summed E-state index contributed by atoms with van der Waals surface area (Å²) in [4.78, 5) is 27.5. The standard InChI is InChI=1S/C21H27N3O2/c1-5-24(6-2)20-13-9-18(10-14-20)22-21(26)15-17-7-11-19(12-8-17)23(4)16(3)25/h7-14H,5-6,15H2,1-4H3,(H,22,26). The van der Waals surface area contributed by atoms with E-state index in [1.165, 1.54) is 6.92 Å². The number of amides is 2. The zero-order valence-electron chi connectivity index (χ0n) is 16.0. The van der Waals surface area contributed by atoms with Crippen LogP contribution in [-0.2, 0) is 16.0 Å². The smallest absolute Gasteiger partial charge is 0.228 e. The average Bonchev–Trinajstić information content (AvgIpc) is 2.64. The van der Waals surface area contributed by atoms with Crippen LogP contribution in [0, 0.1) is 0 Å². The molecule has 0 aliphatic rings. The van der Waals surface area contributed by atoms with E-state index in [2.05, 4.69) is 24.1 Å². The normalized spacial score (nSPS) is 10.3. The van der Waals surface area contributed by atoms with Gasteiger partial charge >= 0.3 is 0 Å². The molecule has 0 atom stereocenters. The van der Waals surface area contributed by atoms with Gasteiger partial charge in [-0.1, -0.05) is 12.1 Å². The van der Waals surface area contributed by atoms with Crippen molar-refractivity contribution in [3.8, 4) is 0 Å². The summed E-state index contributed by atoms with van der Waals surface area (Å²) in [6.07, 6.45) is 0.294. The van der Waals surface area contributed by atoms with E-state index in [1.807, 2.05) is 48.5 Å². The Balaban J connectivity index is 1.95. The van der Waals surface area contributed by atoms with Gasteiger partial charge in [-0.05, 0) is 55.8 Å². The van der Waals surface area contributed by atoms with Gasteiger partial charge in [0.25, 0.3) is 0 Å². The van der Waals surface area contributed by atoms with E-state index in [9.17, 15) is 9.59 Å². The van der Waals surface area contributed by atoms with Gasteiger partial charge in [-0.3, -0.25) is 9.59 Å². The third-order valence-corrected chi connectivity index (χ3v) is 4.44. The first-order valence-corrected chi connectivity index (χ1v) is 8.92. The fraction of sp³-hybridized carbons (Fsp3) is 0.333. The van der Waals surface area contributed by atoms with Crippen LogP contribution in [0.25, 0.3) is 0 Å². The minimum atomic E-state index is -0.0618. The van der Waals surface area contributed by atoms with Gasteiger partial charge in [-0.2, -0.15) is 0 Å². The number of carbonyl (C=O) groups excluding carboxylic acids is 2. The van der Waals surface area contributed by atoms with Crippen molar-refractivity contribution in [1.82, 2.24) is 0 Å². The third-order valence-electron chi connectivity index (χ3n) is 4.44. The van der Waals surface area contributed by atoms with E-state index in [0.717, 1.165) is 35.7 Å². The lowest BCUT2D eigenvalue weighted by atomic mass is 10.1. The lowest BCUT2D eigenvalue weighted by Gasteiger charge is -2.21. The topological polar surface area (TPSA) is 52.7 Å². The molecule has 5 heteroatoms. The number of rotatable bonds is 7. The van der Waals surface area contributed by atoms with Gasteiger partial charge < -0.3 is 15.1 Å². The Morgan fingerprint density at radius 3 is 1.92 bits per heavy atom. The number of carbonyl (C=O) groups is 2. The van der Waals surface area contributed by atoms with Crippen molar-refractivity contribution < 1.29 is 9.59 Å². The molecule has 0 saturated heterocycles. The summed E-state index contributed by atoms with van der Waals surface area (Å²) in [6, 6.07) is 15.3. The summed E-state index contributed by atoms with van der Waals surface area (Å²) in [5.41, 5.74) is 3.66. The Morgan fingerprint density at radius 2 is 1.42 bits per heavy atom. The molecule has 0 heterocycles. The molecule has 0 spiro atoms. The predicted octanol–water partition coefficient (Wildman–Crippen LogP) is 3.70. The Morgan fingerprint density at radius 1 is 0.885 bits per heavy atom. The summed E-state index contributed by atoms with van der Waals surface area (Å²) in [7, 11) is 1.73. The van der Waals surface area contributed by atoms with Crippen LogP contribution in [0.15, 0.2) is 48.5 Å². The number of anilines is 3. The maximum atomic E-state index is 12.3. The highest BCUT2D eigenvalue weighted by Crippen LogP contribution is 2.18. The molecule has 2 aromatic carbocycles. The lowest BCUT2D eigenvalue weighted by molar-refractivity contribution is -0.116. The van der Waals surface area contributed by atoms with Crippen LogP contribution >= 0.6 is 0 Å². The van der Waals surface area contributed by atoms with Gasteiger partial charge in [0, 0.05) is 44.1 Å². The quantitative estimate of drug-likeness (QED) is 0.826. The van der Waals surface area contributed by atoms with Crippen LogP contribution < -0.4 is 15.1 Å². The molecular weight excluding hydrogens is 326 g/mol. The van der Waals surface area contributed by atoms with Crippen LogP contribution in [0.4, 0.5) is 17.1 Å². The Labute approximate surface area is 155 Å². The molecule has 2 rings (SSSR count). The Hall–Kier alpha value is -2.82. The van der Waals surface area contributed by atoms with Crippen molar-refractivity contribution in [2.45, 2.75) is 27.2 Å². The second-order valence-electron chi connectivity index (χ2n) is 6.19. The number of nitrogens with one attached hydrogen (secondary N) is 1. The third kappa shape index (κ3) is 5.09. The first-order chi connectivity index (χ1) is 12.4. The molecule has 0 aliphatic heterocycles. The first kappa shape index (κ1) is 19.5. The molecular formula is C21H27N3O2. The summed E-state index contributed by atoms with van der Waals surface area (Å²) < 4.78 is 0. The molecule has 138 valence electrons. The highest BCUT2D eigenvalue weighted by atomic mass is 16.2. The van der Waals surface area contributed by atoms with Crippen molar-refractivity contribution in [2.75, 3.05) is 35.3 Å². The molecule has 0 fully saturated rings. The van der Waals surface area contributed by atoms with Gasteiger partial charge in [0.1, 0.15) is 0 Å². The van der Waals surface area contributed by atoms with Crippen LogP contribution in [0.5, 0.6) is 0 Å². The highest BCUT2D eigenvalue weighted by Gasteiger charge is 2.08. The molecule has 0 saturated carbocycles. The highest BCUT2D eigenvalue weighted by molar-refractivity contribution is 5.93.